The number of hydrogen-bond donors (Lipinski definition) is 2. The molecule has 0 aliphatic rings. The van der Waals surface area contributed by atoms with E-state index in [9.17, 15) is 10.2 Å². The fourth-order valence-electron chi connectivity index (χ4n) is 0.974. The summed E-state index contributed by atoms with van der Waals surface area (Å²) >= 11 is 1.95. The fourth-order valence-corrected chi connectivity index (χ4v) is 1.55. The molecule has 4 heteroatoms. The topological polar surface area (TPSA) is 49.7 Å². The van der Waals surface area contributed by atoms with Gasteiger partial charge in [0.1, 0.15) is 0 Å². The molecule has 0 saturated heterocycles. The molecule has 0 spiro atoms. The summed E-state index contributed by atoms with van der Waals surface area (Å²) in [7, 11) is 1.39. The zero-order valence-electron chi connectivity index (χ0n) is 7.04. The molecular weight excluding hydrogens is 283 g/mol. The molecule has 1 rings (SSSR count). The number of ether oxygens (including phenoxy) is 1. The first-order valence-corrected chi connectivity index (χ1v) is 4.60. The summed E-state index contributed by atoms with van der Waals surface area (Å²) in [6, 6.07) is 1.63. The van der Waals surface area contributed by atoms with Crippen molar-refractivity contribution in [1.82, 2.24) is 0 Å². The molecule has 0 saturated carbocycles. The summed E-state index contributed by atoms with van der Waals surface area (Å²) in [6.45, 7) is 3.54. The number of phenols is 2. The second-order valence-corrected chi connectivity index (χ2v) is 3.54. The van der Waals surface area contributed by atoms with E-state index in [1.165, 1.54) is 13.2 Å². The highest BCUT2D eigenvalue weighted by Crippen LogP contribution is 2.41. The van der Waals surface area contributed by atoms with Crippen molar-refractivity contribution in [3.05, 3.63) is 21.8 Å². The Morgan fingerprint density at radius 2 is 2.08 bits per heavy atom. The third kappa shape index (κ3) is 1.72. The van der Waals surface area contributed by atoms with Gasteiger partial charge in [0, 0.05) is 5.56 Å². The van der Waals surface area contributed by atoms with Crippen LogP contribution in [0.4, 0.5) is 0 Å². The lowest BCUT2D eigenvalue weighted by Gasteiger charge is -2.09. The first kappa shape index (κ1) is 10.2. The van der Waals surface area contributed by atoms with Gasteiger partial charge < -0.3 is 14.9 Å². The highest BCUT2D eigenvalue weighted by Gasteiger charge is 2.14. The average Bonchev–Trinajstić information content (AvgIpc) is 2.12. The minimum atomic E-state index is -0.0876. The molecule has 3 nitrogen and oxygen atoms in total. The molecule has 0 radical (unpaired) electrons. The summed E-state index contributed by atoms with van der Waals surface area (Å²) in [4.78, 5) is 0. The summed E-state index contributed by atoms with van der Waals surface area (Å²) in [5.74, 6) is -0.0524. The Kier molecular flexibility index (Phi) is 3.02. The molecule has 0 unspecified atom stereocenters. The molecule has 0 aromatic heterocycles. The van der Waals surface area contributed by atoms with Crippen molar-refractivity contribution in [2.45, 2.75) is 0 Å². The van der Waals surface area contributed by atoms with E-state index < -0.39 is 0 Å². The van der Waals surface area contributed by atoms with Crippen LogP contribution in [-0.4, -0.2) is 17.3 Å². The number of hydrogen-bond acceptors (Lipinski definition) is 3. The van der Waals surface area contributed by atoms with Crippen molar-refractivity contribution in [2.24, 2.45) is 0 Å². The van der Waals surface area contributed by atoms with Crippen molar-refractivity contribution in [1.29, 1.82) is 0 Å². The minimum Gasteiger partial charge on any atom is -0.504 e. The van der Waals surface area contributed by atoms with Crippen molar-refractivity contribution in [2.75, 3.05) is 7.11 Å². The molecular formula is C9H9IO3. The molecule has 0 aliphatic heterocycles. The first-order chi connectivity index (χ1) is 6.11. The summed E-state index contributed by atoms with van der Waals surface area (Å²) in [6.07, 6.45) is 1.50. The number of phenolic OH excluding ortho intramolecular Hbond substituents is 2. The highest BCUT2D eigenvalue weighted by atomic mass is 127. The molecule has 0 aliphatic carbocycles. The lowest BCUT2D eigenvalue weighted by molar-refractivity contribution is 0.343. The van der Waals surface area contributed by atoms with Gasteiger partial charge in [-0.05, 0) is 28.7 Å². The largest absolute Gasteiger partial charge is 0.504 e. The number of halogens is 1. The van der Waals surface area contributed by atoms with Crippen molar-refractivity contribution < 1.29 is 14.9 Å². The SMILES string of the molecule is C=Cc1cc(I)c(O)c(OC)c1O. The molecule has 1 aromatic rings. The maximum Gasteiger partial charge on any atom is 0.204 e. The molecule has 2 N–H and O–H groups in total. The van der Waals surface area contributed by atoms with Gasteiger partial charge in [0.25, 0.3) is 0 Å². The van der Waals surface area contributed by atoms with Gasteiger partial charge in [0.2, 0.25) is 5.75 Å². The number of methoxy groups -OCH3 is 1. The second-order valence-electron chi connectivity index (χ2n) is 2.38. The van der Waals surface area contributed by atoms with Gasteiger partial charge in [-0.3, -0.25) is 0 Å². The van der Waals surface area contributed by atoms with Crippen LogP contribution in [0.1, 0.15) is 5.56 Å². The second kappa shape index (κ2) is 3.87. The molecule has 0 fully saturated rings. The maximum absolute atomic E-state index is 9.53. The summed E-state index contributed by atoms with van der Waals surface area (Å²) < 4.78 is 5.46. The standard InChI is InChI=1S/C9H9IO3/c1-3-5-4-6(10)8(12)9(13-2)7(5)11/h3-4,11-12H,1H2,2H3. The van der Waals surface area contributed by atoms with Gasteiger partial charge in [-0.2, -0.15) is 0 Å². The van der Waals surface area contributed by atoms with Crippen molar-refractivity contribution in [3.8, 4) is 17.2 Å². The molecule has 0 heterocycles. The van der Waals surface area contributed by atoms with E-state index in [-0.39, 0.29) is 17.2 Å². The van der Waals surface area contributed by atoms with E-state index in [4.69, 9.17) is 4.74 Å². The normalized spacial score (nSPS) is 9.69. The molecule has 0 amide bonds. The van der Waals surface area contributed by atoms with Gasteiger partial charge in [-0.25, -0.2) is 0 Å². The lowest BCUT2D eigenvalue weighted by atomic mass is 10.1. The third-order valence-corrected chi connectivity index (χ3v) is 2.46. The van der Waals surface area contributed by atoms with Gasteiger partial charge in [0.15, 0.2) is 11.5 Å². The zero-order valence-corrected chi connectivity index (χ0v) is 9.20. The molecule has 0 atom stereocenters. The number of rotatable bonds is 2. The van der Waals surface area contributed by atoms with Gasteiger partial charge in [0.05, 0.1) is 10.7 Å². The van der Waals surface area contributed by atoms with Crippen LogP contribution in [0, 0.1) is 3.57 Å². The third-order valence-electron chi connectivity index (χ3n) is 1.64. The Bertz CT molecular complexity index is 347. The first-order valence-electron chi connectivity index (χ1n) is 3.52. The average molecular weight is 292 g/mol. The lowest BCUT2D eigenvalue weighted by Crippen LogP contribution is -1.89. The number of aromatic hydroxyl groups is 2. The Hall–Kier alpha value is -0.910. The van der Waals surface area contributed by atoms with Crippen LogP contribution in [0.5, 0.6) is 17.2 Å². The molecule has 0 bridgehead atoms. The predicted octanol–water partition coefficient (Wildman–Crippen LogP) is 2.35. The fraction of sp³-hybridized carbons (Fsp3) is 0.111. The van der Waals surface area contributed by atoms with E-state index >= 15 is 0 Å². The van der Waals surface area contributed by atoms with Crippen LogP contribution < -0.4 is 4.74 Å². The highest BCUT2D eigenvalue weighted by molar-refractivity contribution is 14.1. The molecule has 70 valence electrons. The van der Waals surface area contributed by atoms with E-state index in [1.54, 1.807) is 6.07 Å². The smallest absolute Gasteiger partial charge is 0.204 e. The summed E-state index contributed by atoms with van der Waals surface area (Å²) in [5.41, 5.74) is 0.541. The van der Waals surface area contributed by atoms with Crippen LogP contribution in [-0.2, 0) is 0 Å². The predicted molar refractivity (Wildman–Crippen MR) is 59.1 cm³/mol. The van der Waals surface area contributed by atoms with E-state index in [1.807, 2.05) is 22.6 Å². The van der Waals surface area contributed by atoms with Crippen molar-refractivity contribution >= 4 is 28.7 Å². The van der Waals surface area contributed by atoms with E-state index in [0.717, 1.165) is 0 Å². The Morgan fingerprint density at radius 1 is 1.46 bits per heavy atom. The van der Waals surface area contributed by atoms with Gasteiger partial charge >= 0.3 is 0 Å². The van der Waals surface area contributed by atoms with E-state index in [0.29, 0.717) is 9.13 Å². The van der Waals surface area contributed by atoms with Crippen LogP contribution >= 0.6 is 22.6 Å². The minimum absolute atomic E-state index is 0.0498. The molecule has 13 heavy (non-hydrogen) atoms. The van der Waals surface area contributed by atoms with E-state index in [2.05, 4.69) is 6.58 Å². The quantitative estimate of drug-likeness (QED) is 0.823. The Balaban J connectivity index is 3.47. The zero-order chi connectivity index (χ0) is 10.0. The van der Waals surface area contributed by atoms with Gasteiger partial charge in [-0.1, -0.05) is 12.7 Å². The maximum atomic E-state index is 9.53. The van der Waals surface area contributed by atoms with Crippen LogP contribution in [0.15, 0.2) is 12.6 Å². The monoisotopic (exact) mass is 292 g/mol. The van der Waals surface area contributed by atoms with Crippen LogP contribution in [0.3, 0.4) is 0 Å². The van der Waals surface area contributed by atoms with Crippen LogP contribution in [0.25, 0.3) is 6.08 Å². The van der Waals surface area contributed by atoms with Gasteiger partial charge in [-0.15, -0.1) is 0 Å². The van der Waals surface area contributed by atoms with Crippen molar-refractivity contribution in [3.63, 3.8) is 0 Å². The Morgan fingerprint density at radius 3 is 2.54 bits per heavy atom. The summed E-state index contributed by atoms with van der Waals surface area (Å²) in [5, 5.41) is 19.0. The van der Waals surface area contributed by atoms with Crippen LogP contribution in [0.2, 0.25) is 0 Å². The number of benzene rings is 1. The molecule has 1 aromatic carbocycles. The Labute approximate surface area is 89.8 Å².